The Labute approximate surface area is 115 Å². The number of nitrogens with zero attached hydrogens (tertiary/aromatic N) is 5. The van der Waals surface area contributed by atoms with Gasteiger partial charge in [0.15, 0.2) is 5.16 Å². The van der Waals surface area contributed by atoms with Crippen molar-refractivity contribution in [1.82, 2.24) is 24.7 Å². The van der Waals surface area contributed by atoms with E-state index in [0.717, 1.165) is 0 Å². The van der Waals surface area contributed by atoms with Gasteiger partial charge >= 0.3 is 0 Å². The molecule has 0 radical (unpaired) electrons. The molecule has 1 atom stereocenters. The van der Waals surface area contributed by atoms with E-state index in [-0.39, 0.29) is 5.28 Å². The van der Waals surface area contributed by atoms with Crippen LogP contribution in [0.5, 0.6) is 0 Å². The van der Waals surface area contributed by atoms with E-state index < -0.39 is 0 Å². The average Bonchev–Trinajstić information content (AvgIpc) is 2.81. The molecule has 0 N–H and O–H groups in total. The van der Waals surface area contributed by atoms with Crippen LogP contribution in [0.2, 0.25) is 5.28 Å². The first-order valence-electron chi connectivity index (χ1n) is 5.64. The van der Waals surface area contributed by atoms with Crippen molar-refractivity contribution in [2.45, 2.75) is 31.2 Å². The lowest BCUT2D eigenvalue weighted by Gasteiger charge is -2.13. The summed E-state index contributed by atoms with van der Waals surface area (Å²) in [6.45, 7) is 6.46. The van der Waals surface area contributed by atoms with Crippen LogP contribution in [0.3, 0.4) is 0 Å². The Bertz CT molecular complexity index is 514. The van der Waals surface area contributed by atoms with Crippen LogP contribution in [-0.2, 0) is 0 Å². The summed E-state index contributed by atoms with van der Waals surface area (Å²) in [5, 5.41) is 5.31. The maximum atomic E-state index is 5.91. The van der Waals surface area contributed by atoms with E-state index in [2.05, 4.69) is 40.8 Å². The Morgan fingerprint density at radius 3 is 2.61 bits per heavy atom. The highest BCUT2D eigenvalue weighted by Crippen LogP contribution is 2.25. The molecule has 2 heterocycles. The number of hydrogen-bond donors (Lipinski definition) is 0. The molecule has 5 nitrogen and oxygen atoms in total. The van der Waals surface area contributed by atoms with Crippen LogP contribution >= 0.6 is 23.4 Å². The number of thioether (sulfide) groups is 1. The molecule has 18 heavy (non-hydrogen) atoms. The Balaban J connectivity index is 2.27. The monoisotopic (exact) mass is 283 g/mol. The van der Waals surface area contributed by atoms with E-state index >= 15 is 0 Å². The van der Waals surface area contributed by atoms with Crippen molar-refractivity contribution >= 4 is 23.4 Å². The van der Waals surface area contributed by atoms with Crippen molar-refractivity contribution < 1.29 is 0 Å². The highest BCUT2D eigenvalue weighted by molar-refractivity contribution is 7.99. The number of aromatic nitrogens is 5. The fourth-order valence-corrected chi connectivity index (χ4v) is 2.25. The fraction of sp³-hybridized carbons (Fsp3) is 0.455. The van der Waals surface area contributed by atoms with Gasteiger partial charge in [-0.05, 0) is 23.6 Å². The predicted octanol–water partition coefficient (Wildman–Crippen LogP) is 2.85. The zero-order valence-electron chi connectivity index (χ0n) is 10.4. The summed E-state index contributed by atoms with van der Waals surface area (Å²) in [6, 6.07) is 1.81. The van der Waals surface area contributed by atoms with Crippen LogP contribution in [-0.4, -0.2) is 30.0 Å². The van der Waals surface area contributed by atoms with Gasteiger partial charge in [-0.2, -0.15) is 20.1 Å². The standard InChI is InChI=1S/C11H14ClN5S/c1-7(2)8(3)18-11-15-9(12)14-10(16-11)17-6-4-5-13-17/h4-8H,1-3H3. The summed E-state index contributed by atoms with van der Waals surface area (Å²) >= 11 is 7.50. The van der Waals surface area contributed by atoms with E-state index in [1.807, 2.05) is 0 Å². The first kappa shape index (κ1) is 13.3. The van der Waals surface area contributed by atoms with E-state index in [9.17, 15) is 0 Å². The SMILES string of the molecule is CC(C)C(C)Sc1nc(Cl)nc(-n2cccn2)n1. The van der Waals surface area contributed by atoms with Gasteiger partial charge in [-0.1, -0.05) is 32.5 Å². The largest absolute Gasteiger partial charge is 0.255 e. The molecule has 2 aromatic rings. The number of halogens is 1. The van der Waals surface area contributed by atoms with Gasteiger partial charge in [0, 0.05) is 17.6 Å². The van der Waals surface area contributed by atoms with Crippen molar-refractivity contribution in [3.63, 3.8) is 0 Å². The molecule has 96 valence electrons. The van der Waals surface area contributed by atoms with Gasteiger partial charge in [-0.15, -0.1) is 0 Å². The van der Waals surface area contributed by atoms with E-state index in [0.29, 0.717) is 22.3 Å². The average molecular weight is 284 g/mol. The molecular weight excluding hydrogens is 270 g/mol. The van der Waals surface area contributed by atoms with Crippen molar-refractivity contribution in [1.29, 1.82) is 0 Å². The normalized spacial score (nSPS) is 12.9. The minimum absolute atomic E-state index is 0.189. The minimum atomic E-state index is 0.189. The van der Waals surface area contributed by atoms with E-state index in [1.54, 1.807) is 34.9 Å². The quantitative estimate of drug-likeness (QED) is 0.808. The second kappa shape index (κ2) is 5.67. The predicted molar refractivity (Wildman–Crippen MR) is 72.1 cm³/mol. The molecular formula is C11H14ClN5S. The summed E-state index contributed by atoms with van der Waals surface area (Å²) < 4.78 is 1.57. The zero-order valence-corrected chi connectivity index (χ0v) is 12.0. The molecule has 0 bridgehead atoms. The summed E-state index contributed by atoms with van der Waals surface area (Å²) in [5.74, 6) is 0.983. The summed E-state index contributed by atoms with van der Waals surface area (Å²) in [7, 11) is 0. The minimum Gasteiger partial charge on any atom is -0.206 e. The topological polar surface area (TPSA) is 56.5 Å². The second-order valence-corrected chi connectivity index (χ2v) is 5.89. The van der Waals surface area contributed by atoms with Gasteiger partial charge in [0.2, 0.25) is 5.28 Å². The van der Waals surface area contributed by atoms with E-state index in [1.165, 1.54) is 0 Å². The third kappa shape index (κ3) is 3.20. The van der Waals surface area contributed by atoms with Gasteiger partial charge in [0.05, 0.1) is 0 Å². The molecule has 0 aliphatic carbocycles. The van der Waals surface area contributed by atoms with Crippen molar-refractivity contribution in [2.24, 2.45) is 5.92 Å². The van der Waals surface area contributed by atoms with Crippen molar-refractivity contribution in [3.05, 3.63) is 23.7 Å². The summed E-state index contributed by atoms with van der Waals surface area (Å²) in [5.41, 5.74) is 0. The molecule has 0 aromatic carbocycles. The smallest absolute Gasteiger partial charge is 0.206 e. The van der Waals surface area contributed by atoms with Gasteiger partial charge in [0.1, 0.15) is 0 Å². The van der Waals surface area contributed by atoms with Crippen LogP contribution in [0.25, 0.3) is 5.95 Å². The molecule has 2 aromatic heterocycles. The maximum absolute atomic E-state index is 5.91. The zero-order chi connectivity index (χ0) is 13.1. The molecule has 0 saturated heterocycles. The summed E-state index contributed by atoms with van der Waals surface area (Å²) in [6.07, 6.45) is 3.44. The molecule has 1 unspecified atom stereocenters. The lowest BCUT2D eigenvalue weighted by molar-refractivity contribution is 0.639. The molecule has 7 heteroatoms. The Kier molecular flexibility index (Phi) is 4.19. The number of rotatable bonds is 4. The summed E-state index contributed by atoms with van der Waals surface area (Å²) in [4.78, 5) is 12.5. The van der Waals surface area contributed by atoms with Crippen LogP contribution in [0.15, 0.2) is 23.6 Å². The Morgan fingerprint density at radius 1 is 1.22 bits per heavy atom. The molecule has 2 rings (SSSR count). The third-order valence-corrected chi connectivity index (χ3v) is 3.99. The van der Waals surface area contributed by atoms with Crippen molar-refractivity contribution in [3.8, 4) is 5.95 Å². The first-order valence-corrected chi connectivity index (χ1v) is 6.90. The van der Waals surface area contributed by atoms with Gasteiger partial charge < -0.3 is 0 Å². The number of hydrogen-bond acceptors (Lipinski definition) is 5. The van der Waals surface area contributed by atoms with Crippen molar-refractivity contribution in [2.75, 3.05) is 0 Å². The van der Waals surface area contributed by atoms with Crippen LogP contribution in [0, 0.1) is 5.92 Å². The fourth-order valence-electron chi connectivity index (χ4n) is 1.17. The Morgan fingerprint density at radius 2 is 2.00 bits per heavy atom. The van der Waals surface area contributed by atoms with Crippen LogP contribution in [0.1, 0.15) is 20.8 Å². The Hall–Kier alpha value is -1.14. The molecule has 0 amide bonds. The second-order valence-electron chi connectivity index (χ2n) is 4.20. The van der Waals surface area contributed by atoms with Gasteiger partial charge in [0.25, 0.3) is 5.95 Å². The molecule has 0 fully saturated rings. The van der Waals surface area contributed by atoms with E-state index in [4.69, 9.17) is 11.6 Å². The van der Waals surface area contributed by atoms with Crippen LogP contribution in [0.4, 0.5) is 0 Å². The van der Waals surface area contributed by atoms with Gasteiger partial charge in [-0.3, -0.25) is 0 Å². The third-order valence-electron chi connectivity index (χ3n) is 2.52. The highest BCUT2D eigenvalue weighted by Gasteiger charge is 2.13. The lowest BCUT2D eigenvalue weighted by atomic mass is 10.2. The maximum Gasteiger partial charge on any atom is 0.255 e. The molecule has 0 spiro atoms. The van der Waals surface area contributed by atoms with Gasteiger partial charge in [-0.25, -0.2) is 4.68 Å². The molecule has 0 aliphatic rings. The van der Waals surface area contributed by atoms with Crippen LogP contribution < -0.4 is 0 Å². The molecule has 0 saturated carbocycles. The lowest BCUT2D eigenvalue weighted by Crippen LogP contribution is -2.09. The molecule has 0 aliphatic heterocycles. The first-order chi connectivity index (χ1) is 8.56. The highest BCUT2D eigenvalue weighted by atomic mass is 35.5.